The zero-order valence-electron chi connectivity index (χ0n) is 8.49. The summed E-state index contributed by atoms with van der Waals surface area (Å²) in [5, 5.41) is 0. The van der Waals surface area contributed by atoms with Gasteiger partial charge in [-0.25, -0.2) is 0 Å². The van der Waals surface area contributed by atoms with Crippen LogP contribution in [0.3, 0.4) is 0 Å². The van der Waals surface area contributed by atoms with Gasteiger partial charge in [-0.1, -0.05) is 12.1 Å². The molecule has 0 aromatic rings. The summed E-state index contributed by atoms with van der Waals surface area (Å²) in [7, 11) is 0. The third kappa shape index (κ3) is 1.26. The van der Waals surface area contributed by atoms with Crippen LogP contribution in [0.1, 0.15) is 6.85 Å². The molecule has 0 radical (unpaired) electrons. The van der Waals surface area contributed by atoms with Crippen molar-refractivity contribution < 1.29 is 11.6 Å². The molecule has 1 aliphatic heterocycles. The largest absolute Gasteiger partial charge is 0.473 e. The van der Waals surface area contributed by atoms with Gasteiger partial charge in [0.15, 0.2) is 0 Å². The van der Waals surface area contributed by atoms with Crippen molar-refractivity contribution >= 4 is 0 Å². The maximum absolute atomic E-state index is 7.17. The molecule has 0 amide bonds. The SMILES string of the molecule is [2H]C1=COC([2H])=C([2H])C([2H])=C1[2H]. The number of rotatable bonds is 0. The first-order valence-corrected chi connectivity index (χ1v) is 1.73. The summed E-state index contributed by atoms with van der Waals surface area (Å²) in [6.45, 7) is 0. The van der Waals surface area contributed by atoms with Gasteiger partial charge in [-0.05, 0) is 12.1 Å². The highest BCUT2D eigenvalue weighted by Crippen LogP contribution is 1.88. The normalized spacial score (nSPS) is 33.1. The molecule has 36 valence electrons. The second kappa shape index (κ2) is 2.24. The van der Waals surface area contributed by atoms with E-state index in [1.165, 1.54) is 0 Å². The Bertz CT molecular complexity index is 301. The Balaban J connectivity index is 3.23. The minimum atomic E-state index is -0.507. The van der Waals surface area contributed by atoms with E-state index >= 15 is 0 Å². The van der Waals surface area contributed by atoms with Crippen LogP contribution >= 0.6 is 0 Å². The predicted octanol–water partition coefficient (Wildman–Crippen LogP) is 1.60. The molecule has 1 aliphatic rings. The Morgan fingerprint density at radius 1 is 1.14 bits per heavy atom. The fraction of sp³-hybridized carbons (Fsp3) is 0. The maximum Gasteiger partial charge on any atom is 0.104 e. The van der Waals surface area contributed by atoms with Crippen LogP contribution in [0.2, 0.25) is 0 Å². The monoisotopic (exact) mass is 99.1 g/mol. The standard InChI is InChI=1S/C6H6O/c1-2-4-6-7-5-3-1/h1-6H/i1D,2D,3D,4D,5D. The molecule has 0 saturated heterocycles. The quantitative estimate of drug-likeness (QED) is 0.448. The van der Waals surface area contributed by atoms with Crippen molar-refractivity contribution in [2.45, 2.75) is 0 Å². The molecule has 0 aromatic heterocycles. The van der Waals surface area contributed by atoms with Crippen LogP contribution < -0.4 is 0 Å². The molecule has 0 fully saturated rings. The molecule has 1 nitrogen and oxygen atoms in total. The first-order chi connectivity index (χ1) is 5.54. The number of allylic oxidation sites excluding steroid dienone is 4. The van der Waals surface area contributed by atoms with E-state index in [2.05, 4.69) is 4.74 Å². The number of ether oxygens (including phenoxy) is 1. The van der Waals surface area contributed by atoms with E-state index < -0.39 is 24.4 Å². The molecule has 1 heteroatoms. The topological polar surface area (TPSA) is 9.23 Å². The smallest absolute Gasteiger partial charge is 0.104 e. The zero-order chi connectivity index (χ0) is 9.30. The van der Waals surface area contributed by atoms with Gasteiger partial charge in [0, 0.05) is 0 Å². The lowest BCUT2D eigenvalue weighted by atomic mass is 10.5. The fourth-order valence-corrected chi connectivity index (χ4v) is 0.211. The zero-order valence-corrected chi connectivity index (χ0v) is 3.49. The molecular formula is C6H6O. The third-order valence-corrected chi connectivity index (χ3v) is 0.425. The van der Waals surface area contributed by atoms with E-state index in [1.807, 2.05) is 0 Å². The van der Waals surface area contributed by atoms with Gasteiger partial charge in [0.25, 0.3) is 0 Å². The van der Waals surface area contributed by atoms with E-state index in [4.69, 9.17) is 6.85 Å². The van der Waals surface area contributed by atoms with Crippen molar-refractivity contribution in [3.8, 4) is 0 Å². The Morgan fingerprint density at radius 2 is 2.00 bits per heavy atom. The Hall–Kier alpha value is -0.980. The molecular weight excluding hydrogens is 88.1 g/mol. The Kier molecular flexibility index (Phi) is 0.399. The average molecular weight is 99.1 g/mol. The first-order valence-electron chi connectivity index (χ1n) is 4.23. The van der Waals surface area contributed by atoms with Crippen molar-refractivity contribution in [2.24, 2.45) is 0 Å². The molecule has 0 saturated carbocycles. The summed E-state index contributed by atoms with van der Waals surface area (Å²) in [4.78, 5) is 0. The van der Waals surface area contributed by atoms with Crippen molar-refractivity contribution in [3.05, 3.63) is 36.7 Å². The van der Waals surface area contributed by atoms with Crippen LogP contribution in [0.4, 0.5) is 0 Å². The molecule has 0 aliphatic carbocycles. The molecule has 1 rings (SSSR count). The van der Waals surface area contributed by atoms with Crippen LogP contribution in [0.15, 0.2) is 36.7 Å². The predicted molar refractivity (Wildman–Crippen MR) is 28.5 cm³/mol. The average Bonchev–Trinajstić information content (AvgIpc) is 2.14. The summed E-state index contributed by atoms with van der Waals surface area (Å²) in [6, 6.07) is -1.63. The number of hydrogen-bond donors (Lipinski definition) is 0. The molecule has 7 heavy (non-hydrogen) atoms. The summed E-state index contributed by atoms with van der Waals surface area (Å²) < 4.78 is 40.1. The molecule has 0 spiro atoms. The highest BCUT2D eigenvalue weighted by atomic mass is 16.5. The van der Waals surface area contributed by atoms with E-state index in [9.17, 15) is 0 Å². The van der Waals surface area contributed by atoms with E-state index in [0.29, 0.717) is 0 Å². The van der Waals surface area contributed by atoms with Gasteiger partial charge in [-0.2, -0.15) is 0 Å². The van der Waals surface area contributed by atoms with Crippen LogP contribution in [-0.4, -0.2) is 0 Å². The second-order valence-corrected chi connectivity index (χ2v) is 0.857. The summed E-state index contributed by atoms with van der Waals surface area (Å²) >= 11 is 0. The highest BCUT2D eigenvalue weighted by Gasteiger charge is 1.69. The van der Waals surface area contributed by atoms with Crippen molar-refractivity contribution in [2.75, 3.05) is 0 Å². The van der Waals surface area contributed by atoms with Gasteiger partial charge in [0.1, 0.15) is 1.37 Å². The molecule has 0 N–H and O–H groups in total. The molecule has 0 unspecified atom stereocenters. The van der Waals surface area contributed by atoms with E-state index in [-0.39, 0.29) is 6.05 Å². The van der Waals surface area contributed by atoms with Crippen LogP contribution in [0.5, 0.6) is 0 Å². The lowest BCUT2D eigenvalue weighted by molar-refractivity contribution is 0.404. The van der Waals surface area contributed by atoms with Crippen molar-refractivity contribution in [1.29, 1.82) is 0 Å². The van der Waals surface area contributed by atoms with Gasteiger partial charge >= 0.3 is 0 Å². The fourth-order valence-electron chi connectivity index (χ4n) is 0.211. The van der Waals surface area contributed by atoms with Crippen molar-refractivity contribution in [1.82, 2.24) is 0 Å². The maximum atomic E-state index is 7.17. The van der Waals surface area contributed by atoms with Gasteiger partial charge in [-0.3, -0.25) is 0 Å². The van der Waals surface area contributed by atoms with Gasteiger partial charge in [-0.15, -0.1) is 0 Å². The van der Waals surface area contributed by atoms with Crippen LogP contribution in [0, 0.1) is 0 Å². The van der Waals surface area contributed by atoms with Gasteiger partial charge in [0.05, 0.1) is 18.0 Å². The molecule has 1 heterocycles. The van der Waals surface area contributed by atoms with E-state index in [0.717, 1.165) is 6.26 Å². The molecule has 0 atom stereocenters. The lowest BCUT2D eigenvalue weighted by Crippen LogP contribution is -1.56. The minimum absolute atomic E-state index is 0.299. The Labute approximate surface area is 49.6 Å². The Morgan fingerprint density at radius 3 is 3.00 bits per heavy atom. The summed E-state index contributed by atoms with van der Waals surface area (Å²) in [5.41, 5.74) is 0. The number of hydrogen-bond acceptors (Lipinski definition) is 1. The summed E-state index contributed by atoms with van der Waals surface area (Å²) in [6.07, 6.45) is 0.368. The molecule has 0 bridgehead atoms. The third-order valence-electron chi connectivity index (χ3n) is 0.425. The van der Waals surface area contributed by atoms with E-state index in [1.54, 1.807) is 0 Å². The molecule has 0 aromatic carbocycles. The van der Waals surface area contributed by atoms with Gasteiger partial charge < -0.3 is 4.74 Å². The first kappa shape index (κ1) is 1.25. The van der Waals surface area contributed by atoms with Gasteiger partial charge in [0.2, 0.25) is 0 Å². The highest BCUT2D eigenvalue weighted by molar-refractivity contribution is 5.11. The van der Waals surface area contributed by atoms with Crippen LogP contribution in [-0.2, 0) is 4.74 Å². The lowest BCUT2D eigenvalue weighted by Gasteiger charge is -1.79. The van der Waals surface area contributed by atoms with Crippen molar-refractivity contribution in [3.63, 3.8) is 0 Å². The second-order valence-electron chi connectivity index (χ2n) is 0.857. The van der Waals surface area contributed by atoms with Crippen LogP contribution in [0.25, 0.3) is 0 Å². The minimum Gasteiger partial charge on any atom is -0.473 e. The summed E-state index contributed by atoms with van der Waals surface area (Å²) in [5.74, 6) is 0.